The van der Waals surface area contributed by atoms with Gasteiger partial charge in [-0.3, -0.25) is 0 Å². The summed E-state index contributed by atoms with van der Waals surface area (Å²) in [6.45, 7) is 1.91. The second-order valence-electron chi connectivity index (χ2n) is 7.36. The van der Waals surface area contributed by atoms with E-state index in [2.05, 4.69) is 20.4 Å². The molecule has 0 spiro atoms. The monoisotopic (exact) mass is 405 g/mol. The van der Waals surface area contributed by atoms with Gasteiger partial charge in [-0.25, -0.2) is 9.98 Å². The van der Waals surface area contributed by atoms with Gasteiger partial charge in [-0.05, 0) is 48.6 Å². The fourth-order valence-electron chi connectivity index (χ4n) is 3.47. The standard InChI is InChI=1S/C20H22F3N5O/c21-20(22,23)29-15-7-5-12(6-8-15)16-2-1-9-26-18(16)28-19(24)27-17(13-3-4-13)14-10-25-11-14/h1-2,5-9,13-14,17,25H,3-4,10-11H2,(H3,24,26,27,28)/t17-/m1/s1. The van der Waals surface area contributed by atoms with E-state index in [1.807, 2.05) is 6.07 Å². The van der Waals surface area contributed by atoms with Crippen LogP contribution in [0, 0.1) is 11.8 Å². The van der Waals surface area contributed by atoms with E-state index in [0.717, 1.165) is 13.1 Å². The molecule has 4 N–H and O–H groups in total. The van der Waals surface area contributed by atoms with Crippen molar-refractivity contribution < 1.29 is 17.9 Å². The van der Waals surface area contributed by atoms with Crippen LogP contribution >= 0.6 is 0 Å². The van der Waals surface area contributed by atoms with Gasteiger partial charge in [0.05, 0.1) is 6.04 Å². The Hall–Kier alpha value is -2.81. The number of halogens is 3. The Morgan fingerprint density at radius 3 is 2.48 bits per heavy atom. The van der Waals surface area contributed by atoms with Gasteiger partial charge in [-0.2, -0.15) is 0 Å². The maximum Gasteiger partial charge on any atom is 0.573 e. The Morgan fingerprint density at radius 2 is 1.90 bits per heavy atom. The number of anilines is 1. The van der Waals surface area contributed by atoms with Crippen molar-refractivity contribution in [2.75, 3.05) is 18.4 Å². The predicted octanol–water partition coefficient (Wildman–Crippen LogP) is 3.37. The number of aromatic nitrogens is 1. The first-order valence-electron chi connectivity index (χ1n) is 9.51. The number of rotatable bonds is 6. The van der Waals surface area contributed by atoms with Crippen LogP contribution in [0.25, 0.3) is 11.1 Å². The Kier molecular flexibility index (Phi) is 5.31. The minimum atomic E-state index is -4.72. The summed E-state index contributed by atoms with van der Waals surface area (Å²) in [5, 5.41) is 6.34. The van der Waals surface area contributed by atoms with Gasteiger partial charge in [0, 0.05) is 30.8 Å². The van der Waals surface area contributed by atoms with Crippen LogP contribution in [-0.2, 0) is 0 Å². The zero-order valence-corrected chi connectivity index (χ0v) is 15.6. The van der Waals surface area contributed by atoms with E-state index >= 15 is 0 Å². The van der Waals surface area contributed by atoms with Gasteiger partial charge in [0.15, 0.2) is 5.96 Å². The fraction of sp³-hybridized carbons (Fsp3) is 0.400. The number of ether oxygens (including phenoxy) is 1. The van der Waals surface area contributed by atoms with Gasteiger partial charge in [0.2, 0.25) is 0 Å². The zero-order chi connectivity index (χ0) is 20.4. The summed E-state index contributed by atoms with van der Waals surface area (Å²) < 4.78 is 41.0. The third kappa shape index (κ3) is 4.97. The molecule has 0 radical (unpaired) electrons. The van der Waals surface area contributed by atoms with Crippen LogP contribution in [0.1, 0.15) is 12.8 Å². The molecule has 1 aliphatic carbocycles. The highest BCUT2D eigenvalue weighted by molar-refractivity contribution is 5.95. The van der Waals surface area contributed by atoms with Gasteiger partial charge < -0.3 is 21.1 Å². The SMILES string of the molecule is NC(=N[C@H](C1CC1)C1CNC1)Nc1ncccc1-c1ccc(OC(F)(F)F)cc1. The summed E-state index contributed by atoms with van der Waals surface area (Å²) in [7, 11) is 0. The molecule has 0 amide bonds. The van der Waals surface area contributed by atoms with E-state index in [-0.39, 0.29) is 11.8 Å². The molecule has 1 saturated heterocycles. The molecular formula is C20H22F3N5O. The third-order valence-corrected chi connectivity index (χ3v) is 5.14. The summed E-state index contributed by atoms with van der Waals surface area (Å²) in [4.78, 5) is 9.03. The van der Waals surface area contributed by atoms with Crippen molar-refractivity contribution in [1.29, 1.82) is 0 Å². The largest absolute Gasteiger partial charge is 0.573 e. The molecule has 2 aliphatic rings. The number of hydrogen-bond acceptors (Lipinski definition) is 4. The highest BCUT2D eigenvalue weighted by Gasteiger charge is 2.39. The topological polar surface area (TPSA) is 84.6 Å². The maximum absolute atomic E-state index is 12.4. The summed E-state index contributed by atoms with van der Waals surface area (Å²) in [5.41, 5.74) is 7.55. The molecule has 1 aromatic heterocycles. The molecule has 154 valence electrons. The van der Waals surface area contributed by atoms with Crippen molar-refractivity contribution in [2.45, 2.75) is 25.2 Å². The van der Waals surface area contributed by atoms with Crippen LogP contribution in [0.2, 0.25) is 0 Å². The summed E-state index contributed by atoms with van der Waals surface area (Å²) >= 11 is 0. The lowest BCUT2D eigenvalue weighted by molar-refractivity contribution is -0.274. The average molecular weight is 405 g/mol. The number of alkyl halides is 3. The molecule has 1 saturated carbocycles. The highest BCUT2D eigenvalue weighted by Crippen LogP contribution is 2.39. The van der Waals surface area contributed by atoms with Crippen LogP contribution < -0.4 is 21.1 Å². The summed E-state index contributed by atoms with van der Waals surface area (Å²) in [6.07, 6.45) is -0.742. The smallest absolute Gasteiger partial charge is 0.406 e. The van der Waals surface area contributed by atoms with Crippen LogP contribution in [-0.4, -0.2) is 36.4 Å². The van der Waals surface area contributed by atoms with Crippen molar-refractivity contribution >= 4 is 11.8 Å². The number of guanidine groups is 1. The molecule has 2 heterocycles. The number of nitrogens with one attached hydrogen (secondary N) is 2. The van der Waals surface area contributed by atoms with Gasteiger partial charge in [-0.1, -0.05) is 12.1 Å². The fourth-order valence-corrected chi connectivity index (χ4v) is 3.47. The van der Waals surface area contributed by atoms with E-state index in [1.165, 1.54) is 25.0 Å². The van der Waals surface area contributed by atoms with Crippen LogP contribution in [0.4, 0.5) is 19.0 Å². The van der Waals surface area contributed by atoms with Crippen molar-refractivity contribution in [2.24, 2.45) is 22.6 Å². The van der Waals surface area contributed by atoms with E-state index < -0.39 is 6.36 Å². The number of nitrogens with zero attached hydrogens (tertiary/aromatic N) is 2. The van der Waals surface area contributed by atoms with Gasteiger partial charge >= 0.3 is 6.36 Å². The second-order valence-corrected chi connectivity index (χ2v) is 7.36. The van der Waals surface area contributed by atoms with Crippen molar-refractivity contribution in [3.8, 4) is 16.9 Å². The number of hydrogen-bond donors (Lipinski definition) is 3. The normalized spacial score (nSPS) is 18.8. The van der Waals surface area contributed by atoms with E-state index in [1.54, 1.807) is 24.4 Å². The van der Waals surface area contributed by atoms with Crippen LogP contribution in [0.3, 0.4) is 0 Å². The molecule has 2 aromatic rings. The third-order valence-electron chi connectivity index (χ3n) is 5.14. The van der Waals surface area contributed by atoms with Crippen molar-refractivity contribution in [3.05, 3.63) is 42.6 Å². The minimum absolute atomic E-state index is 0.203. The van der Waals surface area contributed by atoms with Gasteiger partial charge in [-0.15, -0.1) is 13.2 Å². The van der Waals surface area contributed by atoms with Crippen LogP contribution in [0.5, 0.6) is 5.75 Å². The number of aliphatic imine (C=N–C) groups is 1. The van der Waals surface area contributed by atoms with E-state index in [0.29, 0.717) is 34.7 Å². The Morgan fingerprint density at radius 1 is 1.17 bits per heavy atom. The number of nitrogens with two attached hydrogens (primary N) is 1. The molecule has 6 nitrogen and oxygen atoms in total. The van der Waals surface area contributed by atoms with Gasteiger partial charge in [0.25, 0.3) is 0 Å². The molecule has 29 heavy (non-hydrogen) atoms. The molecule has 4 rings (SSSR count). The highest BCUT2D eigenvalue weighted by atomic mass is 19.4. The lowest BCUT2D eigenvalue weighted by atomic mass is 9.91. The van der Waals surface area contributed by atoms with E-state index in [4.69, 9.17) is 10.7 Å². The number of pyridine rings is 1. The Bertz CT molecular complexity index is 876. The number of benzene rings is 1. The minimum Gasteiger partial charge on any atom is -0.406 e. The lowest BCUT2D eigenvalue weighted by Crippen LogP contribution is -2.49. The van der Waals surface area contributed by atoms with Crippen molar-refractivity contribution in [3.63, 3.8) is 0 Å². The molecular weight excluding hydrogens is 383 g/mol. The maximum atomic E-state index is 12.4. The Balaban J connectivity index is 1.51. The molecule has 0 bridgehead atoms. The first-order chi connectivity index (χ1) is 13.9. The van der Waals surface area contributed by atoms with E-state index in [9.17, 15) is 13.2 Å². The molecule has 1 aromatic carbocycles. The quantitative estimate of drug-likeness (QED) is 0.507. The lowest BCUT2D eigenvalue weighted by Gasteiger charge is -2.32. The van der Waals surface area contributed by atoms with Crippen molar-refractivity contribution in [1.82, 2.24) is 10.3 Å². The summed E-state index contributed by atoms with van der Waals surface area (Å²) in [5.74, 6) is 1.62. The molecule has 1 aliphatic heterocycles. The average Bonchev–Trinajstić information content (AvgIpc) is 3.44. The molecule has 0 unspecified atom stereocenters. The summed E-state index contributed by atoms with van der Waals surface area (Å²) in [6, 6.07) is 9.40. The molecule has 2 fully saturated rings. The first kappa shape index (κ1) is 19.5. The predicted molar refractivity (Wildman–Crippen MR) is 104 cm³/mol. The Labute approximate surface area is 166 Å². The van der Waals surface area contributed by atoms with Gasteiger partial charge in [0.1, 0.15) is 11.6 Å². The first-order valence-corrected chi connectivity index (χ1v) is 9.51. The second kappa shape index (κ2) is 7.90. The van der Waals surface area contributed by atoms with Crippen LogP contribution in [0.15, 0.2) is 47.6 Å². The molecule has 9 heteroatoms. The zero-order valence-electron chi connectivity index (χ0n) is 15.6. The molecule has 1 atom stereocenters.